The topological polar surface area (TPSA) is 88.3 Å². The minimum atomic E-state index is -0.761. The lowest BCUT2D eigenvalue weighted by Crippen LogP contribution is -2.22. The Kier molecular flexibility index (Phi) is 5.35. The van der Waals surface area contributed by atoms with Crippen molar-refractivity contribution in [1.29, 1.82) is 0 Å². The van der Waals surface area contributed by atoms with Crippen LogP contribution in [0, 0.1) is 0 Å². The lowest BCUT2D eigenvalue weighted by atomic mass is 10.0. The molecular weight excluding hydrogens is 344 g/mol. The Balaban J connectivity index is 1.61. The van der Waals surface area contributed by atoms with E-state index in [1.54, 1.807) is 36.4 Å². The third kappa shape index (κ3) is 4.41. The van der Waals surface area contributed by atoms with Gasteiger partial charge in [0.05, 0.1) is 0 Å². The van der Waals surface area contributed by atoms with Crippen LogP contribution >= 0.6 is 0 Å². The molecule has 3 aromatic rings. The van der Waals surface area contributed by atoms with Crippen LogP contribution in [0.15, 0.2) is 59.4 Å². The van der Waals surface area contributed by atoms with Gasteiger partial charge in [-0.15, -0.1) is 0 Å². The molecule has 2 aromatic carbocycles. The van der Waals surface area contributed by atoms with E-state index in [1.807, 2.05) is 12.1 Å². The maximum absolute atomic E-state index is 12.1. The standard InChI is InChI=1S/C21H20N2O4/c1-13(2)14-7-9-15(10-8-14)22-20(25)12-27-21(26)18-11-19(24)16-5-3-4-6-17(16)23-18/h3-11,13H,12H2,1-2H3,(H,22,25)(H,23,24). The van der Waals surface area contributed by atoms with Gasteiger partial charge in [-0.3, -0.25) is 9.59 Å². The predicted octanol–water partition coefficient (Wildman–Crippen LogP) is 3.45. The molecule has 27 heavy (non-hydrogen) atoms. The lowest BCUT2D eigenvalue weighted by molar-refractivity contribution is -0.119. The normalized spacial score (nSPS) is 10.8. The lowest BCUT2D eigenvalue weighted by Gasteiger charge is -2.09. The van der Waals surface area contributed by atoms with Crippen molar-refractivity contribution in [2.75, 3.05) is 11.9 Å². The number of aromatic amines is 1. The smallest absolute Gasteiger partial charge is 0.355 e. The fourth-order valence-electron chi connectivity index (χ4n) is 2.66. The molecule has 0 fully saturated rings. The van der Waals surface area contributed by atoms with Gasteiger partial charge in [0.1, 0.15) is 5.69 Å². The van der Waals surface area contributed by atoms with E-state index in [9.17, 15) is 14.4 Å². The highest BCUT2D eigenvalue weighted by molar-refractivity contribution is 5.95. The third-order valence-electron chi connectivity index (χ3n) is 4.15. The van der Waals surface area contributed by atoms with E-state index >= 15 is 0 Å². The molecule has 1 heterocycles. The monoisotopic (exact) mass is 364 g/mol. The van der Waals surface area contributed by atoms with E-state index in [2.05, 4.69) is 24.1 Å². The fourth-order valence-corrected chi connectivity index (χ4v) is 2.66. The number of hydrogen-bond acceptors (Lipinski definition) is 4. The summed E-state index contributed by atoms with van der Waals surface area (Å²) < 4.78 is 5.01. The number of para-hydroxylation sites is 1. The van der Waals surface area contributed by atoms with Crippen LogP contribution in [0.5, 0.6) is 0 Å². The van der Waals surface area contributed by atoms with Crippen LogP contribution in [0.2, 0.25) is 0 Å². The van der Waals surface area contributed by atoms with Crippen LogP contribution in [-0.4, -0.2) is 23.5 Å². The highest BCUT2D eigenvalue weighted by Gasteiger charge is 2.13. The first-order valence-electron chi connectivity index (χ1n) is 8.63. The van der Waals surface area contributed by atoms with E-state index in [-0.39, 0.29) is 11.1 Å². The molecule has 6 nitrogen and oxygen atoms in total. The second kappa shape index (κ2) is 7.86. The van der Waals surface area contributed by atoms with Crippen molar-refractivity contribution >= 4 is 28.5 Å². The number of nitrogens with one attached hydrogen (secondary N) is 2. The molecular formula is C21H20N2O4. The Morgan fingerprint density at radius 1 is 1.07 bits per heavy atom. The highest BCUT2D eigenvalue weighted by Crippen LogP contribution is 2.17. The van der Waals surface area contributed by atoms with E-state index in [4.69, 9.17) is 4.74 Å². The van der Waals surface area contributed by atoms with E-state index in [0.717, 1.165) is 0 Å². The van der Waals surface area contributed by atoms with Crippen molar-refractivity contribution in [3.05, 3.63) is 76.1 Å². The number of anilines is 1. The number of carbonyl (C=O) groups excluding carboxylic acids is 2. The van der Waals surface area contributed by atoms with E-state index in [1.165, 1.54) is 11.6 Å². The number of hydrogen-bond donors (Lipinski definition) is 2. The van der Waals surface area contributed by atoms with Gasteiger partial charge in [0.2, 0.25) is 0 Å². The average molecular weight is 364 g/mol. The summed E-state index contributed by atoms with van der Waals surface area (Å²) in [6.07, 6.45) is 0. The number of rotatable bonds is 5. The number of esters is 1. The number of H-pyrrole nitrogens is 1. The number of benzene rings is 2. The van der Waals surface area contributed by atoms with Gasteiger partial charge in [0, 0.05) is 22.7 Å². The molecule has 0 bridgehead atoms. The summed E-state index contributed by atoms with van der Waals surface area (Å²) in [5.41, 5.74) is 2.05. The van der Waals surface area contributed by atoms with Crippen LogP contribution < -0.4 is 10.7 Å². The van der Waals surface area contributed by atoms with Gasteiger partial charge < -0.3 is 15.0 Å². The maximum Gasteiger partial charge on any atom is 0.355 e. The summed E-state index contributed by atoms with van der Waals surface area (Å²) >= 11 is 0. The Morgan fingerprint density at radius 2 is 1.78 bits per heavy atom. The van der Waals surface area contributed by atoms with Gasteiger partial charge in [0.25, 0.3) is 5.91 Å². The molecule has 138 valence electrons. The summed E-state index contributed by atoms with van der Waals surface area (Å²) in [4.78, 5) is 39.0. The van der Waals surface area contributed by atoms with Crippen molar-refractivity contribution in [3.63, 3.8) is 0 Å². The van der Waals surface area contributed by atoms with Crippen LogP contribution in [0.25, 0.3) is 10.9 Å². The van der Waals surface area contributed by atoms with Crippen molar-refractivity contribution in [3.8, 4) is 0 Å². The Bertz CT molecular complexity index is 1040. The van der Waals surface area contributed by atoms with Gasteiger partial charge >= 0.3 is 5.97 Å². The third-order valence-corrected chi connectivity index (χ3v) is 4.15. The van der Waals surface area contributed by atoms with Gasteiger partial charge in [-0.1, -0.05) is 38.1 Å². The van der Waals surface area contributed by atoms with Crippen LogP contribution in [-0.2, 0) is 9.53 Å². The minimum Gasteiger partial charge on any atom is -0.451 e. The molecule has 0 aliphatic heterocycles. The van der Waals surface area contributed by atoms with Crippen molar-refractivity contribution < 1.29 is 14.3 Å². The zero-order valence-corrected chi connectivity index (χ0v) is 15.1. The molecule has 1 amide bonds. The second-order valence-electron chi connectivity index (χ2n) is 6.49. The van der Waals surface area contributed by atoms with E-state index in [0.29, 0.717) is 22.5 Å². The minimum absolute atomic E-state index is 0.00721. The average Bonchev–Trinajstić information content (AvgIpc) is 2.66. The number of fused-ring (bicyclic) bond motifs is 1. The Labute approximate surface area is 156 Å². The largest absolute Gasteiger partial charge is 0.451 e. The number of ether oxygens (including phenoxy) is 1. The van der Waals surface area contributed by atoms with E-state index < -0.39 is 18.5 Å². The molecule has 0 saturated heterocycles. The molecule has 0 unspecified atom stereocenters. The quantitative estimate of drug-likeness (QED) is 0.679. The van der Waals surface area contributed by atoms with Crippen LogP contribution in [0.1, 0.15) is 35.8 Å². The summed E-state index contributed by atoms with van der Waals surface area (Å²) in [6, 6.07) is 15.5. The van der Waals surface area contributed by atoms with Gasteiger partial charge in [-0.25, -0.2) is 4.79 Å². The van der Waals surface area contributed by atoms with Gasteiger partial charge in [-0.05, 0) is 35.7 Å². The summed E-state index contributed by atoms with van der Waals surface area (Å²) in [5.74, 6) is -0.813. The first-order chi connectivity index (χ1) is 12.9. The maximum atomic E-state index is 12.1. The molecule has 0 spiro atoms. The number of pyridine rings is 1. The first-order valence-corrected chi connectivity index (χ1v) is 8.63. The van der Waals surface area contributed by atoms with Crippen molar-refractivity contribution in [1.82, 2.24) is 4.98 Å². The zero-order chi connectivity index (χ0) is 19.4. The van der Waals surface area contributed by atoms with Crippen LogP contribution in [0.3, 0.4) is 0 Å². The molecule has 0 aliphatic rings. The molecule has 0 saturated carbocycles. The van der Waals surface area contributed by atoms with Gasteiger partial charge in [-0.2, -0.15) is 0 Å². The molecule has 0 aliphatic carbocycles. The Hall–Kier alpha value is -3.41. The molecule has 0 atom stereocenters. The number of carbonyl (C=O) groups is 2. The summed E-state index contributed by atoms with van der Waals surface area (Å²) in [7, 11) is 0. The Morgan fingerprint density at radius 3 is 2.48 bits per heavy atom. The zero-order valence-electron chi connectivity index (χ0n) is 15.1. The molecule has 0 radical (unpaired) electrons. The molecule has 1 aromatic heterocycles. The fraction of sp³-hybridized carbons (Fsp3) is 0.190. The van der Waals surface area contributed by atoms with Gasteiger partial charge in [0.15, 0.2) is 12.0 Å². The summed E-state index contributed by atoms with van der Waals surface area (Å²) in [5, 5.41) is 3.15. The molecule has 2 N–H and O–H groups in total. The van der Waals surface area contributed by atoms with Crippen molar-refractivity contribution in [2.24, 2.45) is 0 Å². The number of aromatic nitrogens is 1. The SMILES string of the molecule is CC(C)c1ccc(NC(=O)COC(=O)c2cc(=O)c3ccccc3[nH]2)cc1. The van der Waals surface area contributed by atoms with Crippen LogP contribution in [0.4, 0.5) is 5.69 Å². The number of amides is 1. The molecule has 3 rings (SSSR count). The first kappa shape index (κ1) is 18.4. The second-order valence-corrected chi connectivity index (χ2v) is 6.49. The molecule has 6 heteroatoms. The highest BCUT2D eigenvalue weighted by atomic mass is 16.5. The van der Waals surface area contributed by atoms with Crippen molar-refractivity contribution in [2.45, 2.75) is 19.8 Å². The summed E-state index contributed by atoms with van der Waals surface area (Å²) in [6.45, 7) is 3.73. The predicted molar refractivity (Wildman–Crippen MR) is 104 cm³/mol.